The first-order valence-corrected chi connectivity index (χ1v) is 11.1. The van der Waals surface area contributed by atoms with Crippen LogP contribution in [0.1, 0.15) is 43.7 Å². The Morgan fingerprint density at radius 2 is 2.07 bits per heavy atom. The molecule has 1 aromatic rings. The molecule has 0 aromatic heterocycles. The minimum absolute atomic E-state index is 0.327. The second-order valence-electron chi connectivity index (χ2n) is 8.59. The van der Waals surface area contributed by atoms with Crippen LogP contribution in [0.15, 0.2) is 29.3 Å². The van der Waals surface area contributed by atoms with Crippen LogP contribution in [0.25, 0.3) is 0 Å². The lowest BCUT2D eigenvalue weighted by molar-refractivity contribution is -0.0390. The quantitative estimate of drug-likeness (QED) is 0.587. The Balaban J connectivity index is 1.34. The zero-order valence-electron chi connectivity index (χ0n) is 17.7. The van der Waals surface area contributed by atoms with Crippen LogP contribution in [-0.4, -0.2) is 63.0 Å². The normalized spacial score (nSPS) is 25.8. The molecule has 6 heteroatoms. The summed E-state index contributed by atoms with van der Waals surface area (Å²) in [6.45, 7) is 9.93. The van der Waals surface area contributed by atoms with Gasteiger partial charge in [-0.3, -0.25) is 0 Å². The van der Waals surface area contributed by atoms with Gasteiger partial charge in [-0.2, -0.15) is 0 Å². The Morgan fingerprint density at radius 1 is 1.21 bits per heavy atom. The second-order valence-corrected chi connectivity index (χ2v) is 8.59. The van der Waals surface area contributed by atoms with Crippen LogP contribution < -0.4 is 5.32 Å². The number of likely N-dealkylation sites (tertiary alicyclic amines) is 1. The maximum absolute atomic E-state index is 6.07. The van der Waals surface area contributed by atoms with Crippen LogP contribution in [0.3, 0.4) is 0 Å². The Hall–Kier alpha value is -1.63. The van der Waals surface area contributed by atoms with E-state index < -0.39 is 0 Å². The van der Waals surface area contributed by atoms with Gasteiger partial charge < -0.3 is 24.4 Å². The van der Waals surface area contributed by atoms with E-state index in [4.69, 9.17) is 19.2 Å². The minimum Gasteiger partial charge on any atom is -0.381 e. The van der Waals surface area contributed by atoms with Gasteiger partial charge in [-0.25, -0.2) is 4.99 Å². The van der Waals surface area contributed by atoms with Gasteiger partial charge >= 0.3 is 0 Å². The molecule has 0 bridgehead atoms. The van der Waals surface area contributed by atoms with Gasteiger partial charge in [-0.15, -0.1) is 0 Å². The van der Waals surface area contributed by atoms with Crippen LogP contribution in [0, 0.1) is 5.41 Å². The van der Waals surface area contributed by atoms with E-state index in [1.165, 1.54) is 24.0 Å². The van der Waals surface area contributed by atoms with Gasteiger partial charge in [0, 0.05) is 44.9 Å². The SMILES string of the molecule is CCNC(=NCc1cccc(COC2CCOCC2)c1)N1CCC2(CCOC2)C1. The predicted molar refractivity (Wildman–Crippen MR) is 114 cm³/mol. The number of benzene rings is 1. The summed E-state index contributed by atoms with van der Waals surface area (Å²) in [5.41, 5.74) is 2.79. The van der Waals surface area contributed by atoms with E-state index in [9.17, 15) is 0 Å². The van der Waals surface area contributed by atoms with Crippen molar-refractivity contribution in [3.8, 4) is 0 Å². The van der Waals surface area contributed by atoms with Gasteiger partial charge in [0.1, 0.15) is 0 Å². The lowest BCUT2D eigenvalue weighted by atomic mass is 9.87. The molecule has 3 aliphatic rings. The summed E-state index contributed by atoms with van der Waals surface area (Å²) in [4.78, 5) is 7.36. The molecule has 0 amide bonds. The van der Waals surface area contributed by atoms with E-state index in [1.54, 1.807) is 0 Å². The lowest BCUT2D eigenvalue weighted by Gasteiger charge is -2.25. The van der Waals surface area contributed by atoms with Crippen molar-refractivity contribution in [1.29, 1.82) is 0 Å². The number of ether oxygens (including phenoxy) is 3. The Morgan fingerprint density at radius 3 is 2.86 bits per heavy atom. The third-order valence-electron chi connectivity index (χ3n) is 6.31. The van der Waals surface area contributed by atoms with Crippen LogP contribution in [0.5, 0.6) is 0 Å². The molecule has 1 aromatic carbocycles. The summed E-state index contributed by atoms with van der Waals surface area (Å²) < 4.78 is 17.2. The first-order chi connectivity index (χ1) is 14.3. The van der Waals surface area contributed by atoms with Crippen LogP contribution in [0.4, 0.5) is 0 Å². The zero-order valence-corrected chi connectivity index (χ0v) is 17.7. The van der Waals surface area contributed by atoms with Gasteiger partial charge in [-0.1, -0.05) is 24.3 Å². The number of hydrogen-bond donors (Lipinski definition) is 1. The van der Waals surface area contributed by atoms with Crippen molar-refractivity contribution in [1.82, 2.24) is 10.2 Å². The number of guanidine groups is 1. The maximum Gasteiger partial charge on any atom is 0.194 e. The number of rotatable bonds is 6. The highest BCUT2D eigenvalue weighted by atomic mass is 16.5. The lowest BCUT2D eigenvalue weighted by Crippen LogP contribution is -2.41. The van der Waals surface area contributed by atoms with Crippen molar-refractivity contribution < 1.29 is 14.2 Å². The molecular weight excluding hydrogens is 366 g/mol. The third kappa shape index (κ3) is 5.50. The third-order valence-corrected chi connectivity index (χ3v) is 6.31. The van der Waals surface area contributed by atoms with Crippen molar-refractivity contribution in [2.75, 3.05) is 46.1 Å². The van der Waals surface area contributed by atoms with Gasteiger partial charge in [0.25, 0.3) is 0 Å². The molecule has 1 atom stereocenters. The Bertz CT molecular complexity index is 682. The maximum atomic E-state index is 6.07. The van der Waals surface area contributed by atoms with Gasteiger partial charge in [0.05, 0.1) is 25.9 Å². The molecule has 0 aliphatic carbocycles. The van der Waals surface area contributed by atoms with E-state index in [-0.39, 0.29) is 0 Å². The fraction of sp³-hybridized carbons (Fsp3) is 0.696. The number of aliphatic imine (C=N–C) groups is 1. The van der Waals surface area contributed by atoms with Gasteiger partial charge in [-0.05, 0) is 43.7 Å². The summed E-state index contributed by atoms with van der Waals surface area (Å²) in [5.74, 6) is 1.03. The number of nitrogens with one attached hydrogen (secondary N) is 1. The standard InChI is InChI=1S/C23H35N3O3/c1-2-24-22(26-10-8-23(17-26)9-13-28-18-23)25-15-19-4-3-5-20(14-19)16-29-21-6-11-27-12-7-21/h3-5,14,21H,2,6-13,15-18H2,1H3,(H,24,25). The molecule has 0 radical (unpaired) electrons. The van der Waals surface area contributed by atoms with E-state index in [0.29, 0.717) is 24.7 Å². The molecule has 3 heterocycles. The van der Waals surface area contributed by atoms with Gasteiger partial charge in [0.15, 0.2) is 5.96 Å². The summed E-state index contributed by atoms with van der Waals surface area (Å²) in [6, 6.07) is 8.63. The zero-order chi connectivity index (χ0) is 19.9. The summed E-state index contributed by atoms with van der Waals surface area (Å²) >= 11 is 0. The van der Waals surface area contributed by atoms with Crippen molar-refractivity contribution in [2.45, 2.75) is 51.9 Å². The van der Waals surface area contributed by atoms with E-state index in [2.05, 4.69) is 41.4 Å². The molecular formula is C23H35N3O3. The van der Waals surface area contributed by atoms with Crippen LogP contribution in [0.2, 0.25) is 0 Å². The topological polar surface area (TPSA) is 55.3 Å². The summed E-state index contributed by atoms with van der Waals surface area (Å²) in [5, 5.41) is 3.48. The molecule has 1 unspecified atom stereocenters. The number of hydrogen-bond acceptors (Lipinski definition) is 4. The summed E-state index contributed by atoms with van der Waals surface area (Å²) in [6.07, 6.45) is 4.71. The Labute approximate surface area is 174 Å². The molecule has 4 rings (SSSR count). The molecule has 1 N–H and O–H groups in total. The Kier molecular flexibility index (Phi) is 7.06. The van der Waals surface area contributed by atoms with Crippen molar-refractivity contribution in [2.24, 2.45) is 10.4 Å². The average Bonchev–Trinajstić information content (AvgIpc) is 3.40. The van der Waals surface area contributed by atoms with Gasteiger partial charge in [0.2, 0.25) is 0 Å². The van der Waals surface area contributed by atoms with Crippen molar-refractivity contribution >= 4 is 5.96 Å². The van der Waals surface area contributed by atoms with E-state index in [0.717, 1.165) is 64.9 Å². The largest absolute Gasteiger partial charge is 0.381 e. The predicted octanol–water partition coefficient (Wildman–Crippen LogP) is 2.96. The molecule has 3 saturated heterocycles. The highest BCUT2D eigenvalue weighted by Crippen LogP contribution is 2.38. The molecule has 29 heavy (non-hydrogen) atoms. The van der Waals surface area contributed by atoms with Crippen LogP contribution in [-0.2, 0) is 27.4 Å². The number of nitrogens with zero attached hydrogens (tertiary/aromatic N) is 2. The first kappa shape index (κ1) is 20.6. The monoisotopic (exact) mass is 401 g/mol. The molecule has 1 spiro atoms. The van der Waals surface area contributed by atoms with Crippen molar-refractivity contribution in [3.05, 3.63) is 35.4 Å². The first-order valence-electron chi connectivity index (χ1n) is 11.1. The molecule has 0 saturated carbocycles. The molecule has 3 fully saturated rings. The van der Waals surface area contributed by atoms with E-state index in [1.807, 2.05) is 0 Å². The summed E-state index contributed by atoms with van der Waals surface area (Å²) in [7, 11) is 0. The second kappa shape index (κ2) is 9.92. The molecule has 160 valence electrons. The minimum atomic E-state index is 0.327. The van der Waals surface area contributed by atoms with E-state index >= 15 is 0 Å². The molecule has 3 aliphatic heterocycles. The fourth-order valence-electron chi connectivity index (χ4n) is 4.55. The smallest absolute Gasteiger partial charge is 0.194 e. The van der Waals surface area contributed by atoms with Crippen molar-refractivity contribution in [3.63, 3.8) is 0 Å². The molecule has 6 nitrogen and oxygen atoms in total. The average molecular weight is 402 g/mol. The fourth-order valence-corrected chi connectivity index (χ4v) is 4.55. The highest BCUT2D eigenvalue weighted by molar-refractivity contribution is 5.80. The van der Waals surface area contributed by atoms with Crippen LogP contribution >= 0.6 is 0 Å². The highest BCUT2D eigenvalue weighted by Gasteiger charge is 2.42.